The molecule has 0 unspecified atom stereocenters. The van der Waals surface area contributed by atoms with Gasteiger partial charge in [0, 0.05) is 72.7 Å². The third-order valence-corrected chi connectivity index (χ3v) is 7.51. The van der Waals surface area contributed by atoms with E-state index in [2.05, 4.69) is 24.6 Å². The predicted octanol–water partition coefficient (Wildman–Crippen LogP) is 5.55. The van der Waals surface area contributed by atoms with Gasteiger partial charge in [-0.2, -0.15) is 16.9 Å². The average molecular weight is 573 g/mol. The van der Waals surface area contributed by atoms with E-state index in [0.29, 0.717) is 22.4 Å². The smallest absolute Gasteiger partial charge is 0.179 e. The zero-order valence-corrected chi connectivity index (χ0v) is 23.6. The summed E-state index contributed by atoms with van der Waals surface area (Å²) >= 11 is 14.6. The van der Waals surface area contributed by atoms with Crippen LogP contribution in [0, 0.1) is 0 Å². The van der Waals surface area contributed by atoms with E-state index in [1.165, 1.54) is 0 Å². The molecular formula is C26H27Cl2N7O2S. The number of halogens is 2. The largest absolute Gasteiger partial charge is 0.497 e. The van der Waals surface area contributed by atoms with E-state index in [4.69, 9.17) is 38.0 Å². The first-order valence-electron chi connectivity index (χ1n) is 11.9. The molecule has 38 heavy (non-hydrogen) atoms. The monoisotopic (exact) mass is 571 g/mol. The minimum atomic E-state index is 0.413. The minimum Gasteiger partial charge on any atom is -0.497 e. The van der Waals surface area contributed by atoms with Crippen molar-refractivity contribution in [2.24, 2.45) is 0 Å². The summed E-state index contributed by atoms with van der Waals surface area (Å²) in [7, 11) is 4.89. The summed E-state index contributed by atoms with van der Waals surface area (Å²) in [6.45, 7) is 2.33. The summed E-state index contributed by atoms with van der Waals surface area (Å²) in [5.41, 5.74) is 4.01. The number of fused-ring (bicyclic) bond motifs is 2. The number of anilines is 1. The Hall–Kier alpha value is -3.05. The number of aromatic nitrogens is 6. The second kappa shape index (κ2) is 11.8. The summed E-state index contributed by atoms with van der Waals surface area (Å²) in [6.07, 6.45) is 3.91. The van der Waals surface area contributed by atoms with Gasteiger partial charge in [0.15, 0.2) is 11.5 Å². The highest BCUT2D eigenvalue weighted by Gasteiger charge is 2.21. The number of benzene rings is 1. The van der Waals surface area contributed by atoms with Gasteiger partial charge in [0.1, 0.15) is 22.2 Å². The molecule has 0 saturated carbocycles. The molecule has 0 spiro atoms. The Morgan fingerprint density at radius 2 is 1.82 bits per heavy atom. The zero-order valence-electron chi connectivity index (χ0n) is 21.2. The maximum atomic E-state index is 6.61. The highest BCUT2D eigenvalue weighted by molar-refractivity contribution is 7.99. The molecule has 5 heterocycles. The maximum absolute atomic E-state index is 6.61. The lowest BCUT2D eigenvalue weighted by Crippen LogP contribution is -2.33. The Morgan fingerprint density at radius 1 is 1.03 bits per heavy atom. The summed E-state index contributed by atoms with van der Waals surface area (Å²) in [5.74, 6) is 4.51. The van der Waals surface area contributed by atoms with Crippen molar-refractivity contribution < 1.29 is 9.47 Å². The van der Waals surface area contributed by atoms with Gasteiger partial charge in [-0.3, -0.25) is 4.68 Å². The third-order valence-electron chi connectivity index (χ3n) is 6.03. The van der Waals surface area contributed by atoms with Crippen LogP contribution in [0.4, 0.5) is 5.82 Å². The number of hydrogen-bond donors (Lipinski definition) is 1. The minimum absolute atomic E-state index is 0.413. The fourth-order valence-electron chi connectivity index (χ4n) is 4.33. The topological polar surface area (TPSA) is 94.0 Å². The van der Waals surface area contributed by atoms with Crippen LogP contribution in [0.25, 0.3) is 33.2 Å². The number of H-pyrrole nitrogens is 1. The first-order chi connectivity index (χ1) is 18.5. The van der Waals surface area contributed by atoms with Crippen LogP contribution in [0.2, 0.25) is 10.2 Å². The van der Waals surface area contributed by atoms with E-state index in [1.54, 1.807) is 27.4 Å². The lowest BCUT2D eigenvalue weighted by Gasteiger charge is -2.27. The van der Waals surface area contributed by atoms with Gasteiger partial charge in [-0.15, -0.1) is 0 Å². The SMILES string of the molecule is COC.COc1ccc(Cl)c(-c2cnc(N3CCSCC3)c3nn(Cc4nc5nc(Cl)ccc5[nH]4)cc23)c1. The molecule has 9 nitrogen and oxygen atoms in total. The molecule has 1 aliphatic rings. The third kappa shape index (κ3) is 5.54. The molecule has 12 heteroatoms. The number of nitrogens with one attached hydrogen (secondary N) is 1. The van der Waals surface area contributed by atoms with E-state index in [-0.39, 0.29) is 0 Å². The van der Waals surface area contributed by atoms with Gasteiger partial charge in [-0.1, -0.05) is 23.2 Å². The number of aromatic amines is 1. The van der Waals surface area contributed by atoms with Gasteiger partial charge < -0.3 is 19.4 Å². The van der Waals surface area contributed by atoms with Crippen LogP contribution in [0.5, 0.6) is 5.75 Å². The average Bonchev–Trinajstić information content (AvgIpc) is 3.53. The fraction of sp³-hybridized carbons (Fsp3) is 0.308. The first-order valence-corrected chi connectivity index (χ1v) is 13.9. The number of rotatable bonds is 5. The Balaban J connectivity index is 0.000000937. The van der Waals surface area contributed by atoms with E-state index in [0.717, 1.165) is 69.5 Å². The number of thioether (sulfide) groups is 1. The number of imidazole rings is 1. The number of ether oxygens (including phenoxy) is 2. The van der Waals surface area contributed by atoms with Crippen molar-refractivity contribution in [3.05, 3.63) is 58.7 Å². The second-order valence-electron chi connectivity index (χ2n) is 8.63. The van der Waals surface area contributed by atoms with Crippen LogP contribution < -0.4 is 9.64 Å². The van der Waals surface area contributed by atoms with Crippen LogP contribution in [0.15, 0.2) is 42.7 Å². The Labute approximate surface area is 234 Å². The molecule has 0 atom stereocenters. The fourth-order valence-corrected chi connectivity index (χ4v) is 5.59. The molecule has 6 rings (SSSR count). The number of hydrogen-bond acceptors (Lipinski definition) is 8. The van der Waals surface area contributed by atoms with Gasteiger partial charge in [-0.05, 0) is 30.3 Å². The molecule has 198 valence electrons. The van der Waals surface area contributed by atoms with Crippen molar-refractivity contribution in [3.63, 3.8) is 0 Å². The van der Waals surface area contributed by atoms with Crippen LogP contribution in [-0.4, -0.2) is 75.6 Å². The quantitative estimate of drug-likeness (QED) is 0.274. The first kappa shape index (κ1) is 26.6. The summed E-state index contributed by atoms with van der Waals surface area (Å²) < 4.78 is 11.6. The van der Waals surface area contributed by atoms with Crippen molar-refractivity contribution in [1.29, 1.82) is 0 Å². The van der Waals surface area contributed by atoms with E-state index < -0.39 is 0 Å². The summed E-state index contributed by atoms with van der Waals surface area (Å²) in [5, 5.41) is 6.97. The summed E-state index contributed by atoms with van der Waals surface area (Å²) in [6, 6.07) is 9.24. The zero-order chi connectivity index (χ0) is 26.6. The molecule has 1 N–H and O–H groups in total. The van der Waals surface area contributed by atoms with Gasteiger partial charge in [0.2, 0.25) is 0 Å². The molecule has 0 bridgehead atoms. The van der Waals surface area contributed by atoms with E-state index in [9.17, 15) is 0 Å². The lowest BCUT2D eigenvalue weighted by molar-refractivity contribution is 0.277. The van der Waals surface area contributed by atoms with Crippen LogP contribution in [-0.2, 0) is 11.3 Å². The highest BCUT2D eigenvalue weighted by Crippen LogP contribution is 2.38. The lowest BCUT2D eigenvalue weighted by atomic mass is 10.0. The molecule has 0 amide bonds. The maximum Gasteiger partial charge on any atom is 0.179 e. The van der Waals surface area contributed by atoms with Gasteiger partial charge >= 0.3 is 0 Å². The van der Waals surface area contributed by atoms with E-state index in [1.807, 2.05) is 53.1 Å². The molecule has 1 saturated heterocycles. The van der Waals surface area contributed by atoms with Crippen molar-refractivity contribution in [3.8, 4) is 16.9 Å². The van der Waals surface area contributed by atoms with Crippen LogP contribution >= 0.6 is 35.0 Å². The molecule has 0 radical (unpaired) electrons. The second-order valence-corrected chi connectivity index (χ2v) is 10.6. The molecule has 4 aromatic heterocycles. The number of methoxy groups -OCH3 is 2. The molecule has 5 aromatic rings. The standard InChI is InChI=1S/C24H21Cl2N7OS.C2H6O/c1-34-14-2-3-18(25)15(10-14)16-11-27-24(32-6-8-35-9-7-32)22-17(16)12-33(31-22)13-21-28-19-4-5-20(26)29-23(19)30-21;1-3-2/h2-5,10-12H,6-9,13H2,1H3,(H,28,29,30);1-2H3. The Bertz CT molecular complexity index is 1570. The van der Waals surface area contributed by atoms with Gasteiger partial charge in [-0.25, -0.2) is 15.0 Å². The molecular weight excluding hydrogens is 545 g/mol. The van der Waals surface area contributed by atoms with Gasteiger partial charge in [0.05, 0.1) is 19.2 Å². The normalized spacial score (nSPS) is 13.6. The van der Waals surface area contributed by atoms with Gasteiger partial charge in [0.25, 0.3) is 0 Å². The number of pyridine rings is 2. The van der Waals surface area contributed by atoms with Crippen LogP contribution in [0.3, 0.4) is 0 Å². The van der Waals surface area contributed by atoms with Crippen molar-refractivity contribution in [2.45, 2.75) is 6.54 Å². The predicted molar refractivity (Wildman–Crippen MR) is 155 cm³/mol. The number of nitrogens with zero attached hydrogens (tertiary/aromatic N) is 6. The van der Waals surface area contributed by atoms with Crippen molar-refractivity contribution in [1.82, 2.24) is 29.7 Å². The Kier molecular flexibility index (Phi) is 8.23. The van der Waals surface area contributed by atoms with Crippen LogP contribution in [0.1, 0.15) is 5.82 Å². The molecule has 1 aliphatic heterocycles. The Morgan fingerprint density at radius 3 is 2.58 bits per heavy atom. The molecule has 0 aliphatic carbocycles. The molecule has 1 aromatic carbocycles. The van der Waals surface area contributed by atoms with Crippen molar-refractivity contribution >= 4 is 62.8 Å². The molecule has 1 fully saturated rings. The van der Waals surface area contributed by atoms with Crippen molar-refractivity contribution in [2.75, 3.05) is 50.8 Å². The van der Waals surface area contributed by atoms with E-state index >= 15 is 0 Å². The summed E-state index contributed by atoms with van der Waals surface area (Å²) in [4.78, 5) is 19.3. The highest BCUT2D eigenvalue weighted by atomic mass is 35.5.